The molecule has 0 amide bonds. The molecule has 1 aromatic rings. The Labute approximate surface area is 107 Å². The monoisotopic (exact) mass is 246 g/mol. The number of rotatable bonds is 4. The van der Waals surface area contributed by atoms with Gasteiger partial charge in [-0.1, -0.05) is 19.9 Å². The molecule has 1 heterocycles. The molecular formula is C14H18N2O2. The Kier molecular flexibility index (Phi) is 4.77. The first kappa shape index (κ1) is 14.1. The quantitative estimate of drug-likeness (QED) is 0.656. The first-order valence-electron chi connectivity index (χ1n) is 5.83. The van der Waals surface area contributed by atoms with Gasteiger partial charge in [0.1, 0.15) is 0 Å². The Hall–Kier alpha value is -1.97. The third-order valence-electron chi connectivity index (χ3n) is 2.62. The van der Waals surface area contributed by atoms with Crippen molar-refractivity contribution >= 4 is 11.7 Å². The zero-order chi connectivity index (χ0) is 13.7. The number of carbonyl (C=O) groups is 1. The van der Waals surface area contributed by atoms with Crippen LogP contribution in [0.4, 0.5) is 0 Å². The van der Waals surface area contributed by atoms with Crippen molar-refractivity contribution in [3.05, 3.63) is 41.4 Å². The molecule has 0 unspecified atom stereocenters. The molecule has 0 radical (unpaired) electrons. The fourth-order valence-electron chi connectivity index (χ4n) is 1.58. The minimum Gasteiger partial charge on any atom is -0.478 e. The molecule has 0 aliphatic rings. The van der Waals surface area contributed by atoms with E-state index in [1.54, 1.807) is 19.3 Å². The second-order valence-corrected chi connectivity index (χ2v) is 4.41. The van der Waals surface area contributed by atoms with Gasteiger partial charge in [0.05, 0.1) is 11.3 Å². The van der Waals surface area contributed by atoms with Crippen LogP contribution in [-0.2, 0) is 4.79 Å². The lowest BCUT2D eigenvalue weighted by atomic mass is 10.1. The smallest absolute Gasteiger partial charge is 0.333 e. The summed E-state index contributed by atoms with van der Waals surface area (Å²) in [5, 5.41) is 9.05. The minimum absolute atomic E-state index is 0.0627. The van der Waals surface area contributed by atoms with Gasteiger partial charge in [-0.3, -0.25) is 9.98 Å². The van der Waals surface area contributed by atoms with Gasteiger partial charge in [-0.15, -0.1) is 0 Å². The molecule has 0 saturated heterocycles. The van der Waals surface area contributed by atoms with E-state index >= 15 is 0 Å². The normalized spacial score (nSPS) is 13.5. The number of pyridine rings is 1. The van der Waals surface area contributed by atoms with Crippen molar-refractivity contribution in [2.75, 3.05) is 0 Å². The summed E-state index contributed by atoms with van der Waals surface area (Å²) in [4.78, 5) is 19.5. The van der Waals surface area contributed by atoms with Crippen LogP contribution in [0.2, 0.25) is 0 Å². The number of aromatic nitrogens is 1. The molecule has 1 rings (SSSR count). The van der Waals surface area contributed by atoms with E-state index in [1.807, 2.05) is 32.9 Å². The number of aliphatic carboxylic acids is 1. The van der Waals surface area contributed by atoms with Crippen molar-refractivity contribution in [2.24, 2.45) is 10.9 Å². The van der Waals surface area contributed by atoms with Crippen LogP contribution in [0.5, 0.6) is 0 Å². The molecule has 4 nitrogen and oxygen atoms in total. The number of hydrogen-bond donors (Lipinski definition) is 1. The Morgan fingerprint density at radius 2 is 2.06 bits per heavy atom. The molecule has 0 bridgehead atoms. The van der Waals surface area contributed by atoms with Crippen LogP contribution in [0.3, 0.4) is 0 Å². The molecule has 0 atom stereocenters. The largest absolute Gasteiger partial charge is 0.478 e. The zero-order valence-electron chi connectivity index (χ0n) is 11.1. The van der Waals surface area contributed by atoms with Crippen molar-refractivity contribution in [3.63, 3.8) is 0 Å². The molecule has 1 N–H and O–H groups in total. The van der Waals surface area contributed by atoms with Gasteiger partial charge in [-0.25, -0.2) is 4.79 Å². The van der Waals surface area contributed by atoms with Crippen molar-refractivity contribution in [1.82, 2.24) is 4.98 Å². The van der Waals surface area contributed by atoms with Gasteiger partial charge in [0, 0.05) is 23.7 Å². The van der Waals surface area contributed by atoms with Crippen molar-refractivity contribution in [1.29, 1.82) is 0 Å². The van der Waals surface area contributed by atoms with Crippen LogP contribution < -0.4 is 0 Å². The van der Waals surface area contributed by atoms with Crippen LogP contribution in [0, 0.1) is 5.92 Å². The number of carboxylic acids is 1. The summed E-state index contributed by atoms with van der Waals surface area (Å²) in [5.74, 6) is -0.867. The molecule has 0 fully saturated rings. The standard InChI is InChI=1S/C14H18N2O2/c1-9(2)13(10(3)14(17)18)16-11(4)12-6-5-7-15-8-12/h5-9H,1-4H3,(H,17,18)/b13-10+,16-11+. The van der Waals surface area contributed by atoms with E-state index in [2.05, 4.69) is 9.98 Å². The highest BCUT2D eigenvalue weighted by atomic mass is 16.4. The van der Waals surface area contributed by atoms with Gasteiger partial charge >= 0.3 is 5.97 Å². The van der Waals surface area contributed by atoms with Gasteiger partial charge in [0.25, 0.3) is 0 Å². The molecule has 0 aromatic carbocycles. The SMILES string of the molecule is C/C(=N\C(=C(/C)C(=O)O)C(C)C)c1cccnc1. The highest BCUT2D eigenvalue weighted by Crippen LogP contribution is 2.18. The fraction of sp³-hybridized carbons (Fsp3) is 0.357. The molecule has 0 saturated carbocycles. The van der Waals surface area contributed by atoms with E-state index in [1.165, 1.54) is 0 Å². The maximum Gasteiger partial charge on any atom is 0.333 e. The van der Waals surface area contributed by atoms with E-state index in [-0.39, 0.29) is 11.5 Å². The van der Waals surface area contributed by atoms with E-state index in [0.717, 1.165) is 11.3 Å². The van der Waals surface area contributed by atoms with Crippen LogP contribution in [0.25, 0.3) is 0 Å². The Balaban J connectivity index is 3.19. The maximum absolute atomic E-state index is 11.0. The van der Waals surface area contributed by atoms with Gasteiger partial charge in [-0.05, 0) is 25.8 Å². The number of allylic oxidation sites excluding steroid dienone is 1. The van der Waals surface area contributed by atoms with Crippen molar-refractivity contribution in [2.45, 2.75) is 27.7 Å². The average Bonchev–Trinajstić information content (AvgIpc) is 2.35. The van der Waals surface area contributed by atoms with Gasteiger partial charge in [0.2, 0.25) is 0 Å². The number of aliphatic imine (C=N–C) groups is 1. The lowest BCUT2D eigenvalue weighted by molar-refractivity contribution is -0.132. The van der Waals surface area contributed by atoms with E-state index in [9.17, 15) is 4.79 Å². The fourth-order valence-corrected chi connectivity index (χ4v) is 1.58. The summed E-state index contributed by atoms with van der Waals surface area (Å²) in [6.07, 6.45) is 3.41. The predicted molar refractivity (Wildman–Crippen MR) is 71.6 cm³/mol. The van der Waals surface area contributed by atoms with Gasteiger partial charge in [0.15, 0.2) is 0 Å². The lowest BCUT2D eigenvalue weighted by Crippen LogP contribution is -2.07. The van der Waals surface area contributed by atoms with Crippen LogP contribution in [0.15, 0.2) is 40.8 Å². The molecule has 96 valence electrons. The second-order valence-electron chi connectivity index (χ2n) is 4.41. The third-order valence-corrected chi connectivity index (χ3v) is 2.62. The van der Waals surface area contributed by atoms with E-state index in [0.29, 0.717) is 5.70 Å². The molecule has 4 heteroatoms. The average molecular weight is 246 g/mol. The summed E-state index contributed by atoms with van der Waals surface area (Å²) in [6, 6.07) is 3.73. The predicted octanol–water partition coefficient (Wildman–Crippen LogP) is 2.91. The molecule has 0 spiro atoms. The van der Waals surface area contributed by atoms with Gasteiger partial charge in [-0.2, -0.15) is 0 Å². The summed E-state index contributed by atoms with van der Waals surface area (Å²) < 4.78 is 0. The van der Waals surface area contributed by atoms with Crippen LogP contribution in [-0.4, -0.2) is 21.8 Å². The Morgan fingerprint density at radius 1 is 1.39 bits per heavy atom. The molecule has 0 aliphatic carbocycles. The van der Waals surface area contributed by atoms with E-state index < -0.39 is 5.97 Å². The molecular weight excluding hydrogens is 228 g/mol. The maximum atomic E-state index is 11.0. The third kappa shape index (κ3) is 3.52. The Bertz CT molecular complexity index is 488. The van der Waals surface area contributed by atoms with Gasteiger partial charge < -0.3 is 5.11 Å². The summed E-state index contributed by atoms with van der Waals surface area (Å²) >= 11 is 0. The number of carboxylic acid groups (broad SMARTS) is 1. The minimum atomic E-state index is -0.929. The first-order valence-corrected chi connectivity index (χ1v) is 5.83. The number of hydrogen-bond acceptors (Lipinski definition) is 3. The lowest BCUT2D eigenvalue weighted by Gasteiger charge is -2.10. The van der Waals surface area contributed by atoms with Crippen molar-refractivity contribution in [3.8, 4) is 0 Å². The first-order chi connectivity index (χ1) is 8.43. The van der Waals surface area contributed by atoms with E-state index in [4.69, 9.17) is 5.11 Å². The summed E-state index contributed by atoms with van der Waals surface area (Å²) in [7, 11) is 0. The zero-order valence-corrected chi connectivity index (χ0v) is 11.1. The van der Waals surface area contributed by atoms with Crippen LogP contribution >= 0.6 is 0 Å². The second kappa shape index (κ2) is 6.10. The number of nitrogens with zero attached hydrogens (tertiary/aromatic N) is 2. The highest BCUT2D eigenvalue weighted by molar-refractivity contribution is 5.99. The van der Waals surface area contributed by atoms with Crippen LogP contribution in [0.1, 0.15) is 33.3 Å². The molecule has 0 aliphatic heterocycles. The Morgan fingerprint density at radius 3 is 2.50 bits per heavy atom. The topological polar surface area (TPSA) is 62.5 Å². The highest BCUT2D eigenvalue weighted by Gasteiger charge is 2.12. The molecule has 1 aromatic heterocycles. The summed E-state index contributed by atoms with van der Waals surface area (Å²) in [5.41, 5.74) is 2.55. The van der Waals surface area contributed by atoms with Crippen molar-refractivity contribution < 1.29 is 9.90 Å². The molecule has 18 heavy (non-hydrogen) atoms. The summed E-state index contributed by atoms with van der Waals surface area (Å²) in [6.45, 7) is 7.30.